The van der Waals surface area contributed by atoms with Crippen molar-refractivity contribution in [2.75, 3.05) is 18.0 Å². The molecule has 0 spiro atoms. The van der Waals surface area contributed by atoms with Crippen LogP contribution in [0, 0.1) is 0 Å². The maximum atomic E-state index is 12.1. The molecule has 3 heteroatoms. The Morgan fingerprint density at radius 2 is 2.06 bits per heavy atom. The van der Waals surface area contributed by atoms with E-state index in [-0.39, 0.29) is 5.91 Å². The first-order valence-corrected chi connectivity index (χ1v) is 6.41. The minimum atomic E-state index is 0.256. The van der Waals surface area contributed by atoms with Crippen molar-refractivity contribution in [2.45, 2.75) is 32.1 Å². The quantitative estimate of drug-likeness (QED) is 0.790. The second-order valence-corrected chi connectivity index (χ2v) is 4.52. The zero-order valence-corrected chi connectivity index (χ0v) is 10.2. The first kappa shape index (κ1) is 12.1. The summed E-state index contributed by atoms with van der Waals surface area (Å²) in [5, 5.41) is 0. The summed E-state index contributed by atoms with van der Waals surface area (Å²) in [7, 11) is 0. The van der Waals surface area contributed by atoms with Crippen LogP contribution in [0.1, 0.15) is 31.2 Å². The van der Waals surface area contributed by atoms with Gasteiger partial charge in [-0.25, -0.2) is 0 Å². The molecule has 0 unspecified atom stereocenters. The van der Waals surface area contributed by atoms with Gasteiger partial charge in [-0.15, -0.1) is 0 Å². The van der Waals surface area contributed by atoms with Crippen LogP contribution in [0.4, 0.5) is 5.69 Å². The van der Waals surface area contributed by atoms with Gasteiger partial charge in [0.15, 0.2) is 0 Å². The van der Waals surface area contributed by atoms with Crippen LogP contribution in [-0.2, 0) is 11.2 Å². The number of benzene rings is 1. The van der Waals surface area contributed by atoms with E-state index in [1.54, 1.807) is 0 Å². The van der Waals surface area contributed by atoms with Gasteiger partial charge in [-0.05, 0) is 37.4 Å². The highest BCUT2D eigenvalue weighted by atomic mass is 16.2. The summed E-state index contributed by atoms with van der Waals surface area (Å²) in [5.74, 6) is 0.256. The fourth-order valence-corrected chi connectivity index (χ4v) is 2.33. The molecule has 92 valence electrons. The number of nitrogens with two attached hydrogens (primary N) is 1. The fraction of sp³-hybridized carbons (Fsp3) is 0.500. The summed E-state index contributed by atoms with van der Waals surface area (Å²) in [6.07, 6.45) is 4.66. The molecular formula is C14H20N2O. The molecule has 0 saturated heterocycles. The molecule has 1 aromatic carbocycles. The smallest absolute Gasteiger partial charge is 0.226 e. The van der Waals surface area contributed by atoms with E-state index >= 15 is 0 Å². The number of carbonyl (C=O) groups excluding carboxylic acids is 1. The normalized spacial score (nSPS) is 13.8. The third-order valence-electron chi connectivity index (χ3n) is 3.28. The molecule has 0 saturated carbocycles. The van der Waals surface area contributed by atoms with Crippen molar-refractivity contribution in [3.05, 3.63) is 29.8 Å². The van der Waals surface area contributed by atoms with Gasteiger partial charge in [0, 0.05) is 18.7 Å². The molecule has 1 aliphatic rings. The standard InChI is InChI=1S/C14H20N2O/c15-10-5-1-2-8-14(17)16-11-9-12-6-3-4-7-13(12)16/h3-4,6-7H,1-2,5,8-11,15H2. The Hall–Kier alpha value is -1.35. The minimum absolute atomic E-state index is 0.256. The Balaban J connectivity index is 1.89. The van der Waals surface area contributed by atoms with Crippen molar-refractivity contribution in [1.82, 2.24) is 0 Å². The molecule has 1 amide bonds. The molecular weight excluding hydrogens is 212 g/mol. The van der Waals surface area contributed by atoms with Crippen molar-refractivity contribution in [2.24, 2.45) is 5.73 Å². The molecule has 0 atom stereocenters. The first-order valence-electron chi connectivity index (χ1n) is 6.41. The molecule has 3 nitrogen and oxygen atoms in total. The van der Waals surface area contributed by atoms with E-state index < -0.39 is 0 Å². The molecule has 2 rings (SSSR count). The van der Waals surface area contributed by atoms with Gasteiger partial charge >= 0.3 is 0 Å². The number of fused-ring (bicyclic) bond motifs is 1. The first-order chi connectivity index (χ1) is 8.33. The van der Waals surface area contributed by atoms with Gasteiger partial charge in [0.2, 0.25) is 5.91 Å². The summed E-state index contributed by atoms with van der Waals surface area (Å²) in [6.45, 7) is 1.57. The van der Waals surface area contributed by atoms with E-state index in [0.29, 0.717) is 6.42 Å². The van der Waals surface area contributed by atoms with Gasteiger partial charge in [-0.2, -0.15) is 0 Å². The van der Waals surface area contributed by atoms with Crippen LogP contribution in [0.3, 0.4) is 0 Å². The molecule has 1 aliphatic heterocycles. The fourth-order valence-electron chi connectivity index (χ4n) is 2.33. The molecule has 17 heavy (non-hydrogen) atoms. The number of unbranched alkanes of at least 4 members (excludes halogenated alkanes) is 2. The molecule has 0 bridgehead atoms. The largest absolute Gasteiger partial charge is 0.330 e. The van der Waals surface area contributed by atoms with Crippen LogP contribution in [0.25, 0.3) is 0 Å². The third-order valence-corrected chi connectivity index (χ3v) is 3.28. The van der Waals surface area contributed by atoms with Gasteiger partial charge in [0.1, 0.15) is 0 Å². The van der Waals surface area contributed by atoms with Crippen molar-refractivity contribution in [3.8, 4) is 0 Å². The Morgan fingerprint density at radius 1 is 1.24 bits per heavy atom. The van der Waals surface area contributed by atoms with Crippen molar-refractivity contribution in [1.29, 1.82) is 0 Å². The lowest BCUT2D eigenvalue weighted by Gasteiger charge is -2.17. The summed E-state index contributed by atoms with van der Waals surface area (Å²) in [4.78, 5) is 14.0. The van der Waals surface area contributed by atoms with Gasteiger partial charge in [-0.1, -0.05) is 24.6 Å². The SMILES string of the molecule is NCCCCCC(=O)N1CCc2ccccc21. The lowest BCUT2D eigenvalue weighted by molar-refractivity contribution is -0.118. The van der Waals surface area contributed by atoms with Crippen LogP contribution >= 0.6 is 0 Å². The van der Waals surface area contributed by atoms with E-state index in [1.807, 2.05) is 23.1 Å². The number of hydrogen-bond donors (Lipinski definition) is 1. The highest BCUT2D eigenvalue weighted by Gasteiger charge is 2.23. The summed E-state index contributed by atoms with van der Waals surface area (Å²) < 4.78 is 0. The zero-order chi connectivity index (χ0) is 12.1. The Bertz CT molecular complexity index is 390. The second kappa shape index (κ2) is 5.82. The monoisotopic (exact) mass is 232 g/mol. The average molecular weight is 232 g/mol. The number of rotatable bonds is 5. The van der Waals surface area contributed by atoms with E-state index in [2.05, 4.69) is 6.07 Å². The lowest BCUT2D eigenvalue weighted by atomic mass is 10.1. The highest BCUT2D eigenvalue weighted by Crippen LogP contribution is 2.28. The van der Waals surface area contributed by atoms with Crippen LogP contribution in [-0.4, -0.2) is 19.0 Å². The highest BCUT2D eigenvalue weighted by molar-refractivity contribution is 5.95. The van der Waals surface area contributed by atoms with Gasteiger partial charge in [0.25, 0.3) is 0 Å². The molecule has 2 N–H and O–H groups in total. The maximum absolute atomic E-state index is 12.1. The van der Waals surface area contributed by atoms with Crippen molar-refractivity contribution >= 4 is 11.6 Å². The summed E-state index contributed by atoms with van der Waals surface area (Å²) >= 11 is 0. The zero-order valence-electron chi connectivity index (χ0n) is 10.2. The van der Waals surface area contributed by atoms with E-state index in [0.717, 1.165) is 44.5 Å². The summed E-state index contributed by atoms with van der Waals surface area (Å²) in [6, 6.07) is 8.18. The topological polar surface area (TPSA) is 46.3 Å². The van der Waals surface area contributed by atoms with Crippen LogP contribution in [0.5, 0.6) is 0 Å². The predicted molar refractivity (Wildman–Crippen MR) is 70.0 cm³/mol. The molecule has 0 aliphatic carbocycles. The van der Waals surface area contributed by atoms with Crippen LogP contribution in [0.2, 0.25) is 0 Å². The van der Waals surface area contributed by atoms with Gasteiger partial charge < -0.3 is 10.6 Å². The molecule has 0 fully saturated rings. The Kier molecular flexibility index (Phi) is 4.15. The van der Waals surface area contributed by atoms with E-state index in [4.69, 9.17) is 5.73 Å². The van der Waals surface area contributed by atoms with Gasteiger partial charge in [-0.3, -0.25) is 4.79 Å². The molecule has 1 heterocycles. The minimum Gasteiger partial charge on any atom is -0.330 e. The van der Waals surface area contributed by atoms with Crippen LogP contribution < -0.4 is 10.6 Å². The molecule has 1 aromatic rings. The number of amides is 1. The number of hydrogen-bond acceptors (Lipinski definition) is 2. The maximum Gasteiger partial charge on any atom is 0.226 e. The summed E-state index contributed by atoms with van der Waals surface area (Å²) in [5.41, 5.74) is 7.84. The Labute approximate surface area is 103 Å². The van der Waals surface area contributed by atoms with E-state index in [9.17, 15) is 4.79 Å². The van der Waals surface area contributed by atoms with Crippen molar-refractivity contribution in [3.63, 3.8) is 0 Å². The number of nitrogens with zero attached hydrogens (tertiary/aromatic N) is 1. The number of carbonyl (C=O) groups is 1. The predicted octanol–water partition coefficient (Wildman–Crippen LogP) is 2.09. The average Bonchev–Trinajstić information content (AvgIpc) is 2.78. The third kappa shape index (κ3) is 2.86. The molecule has 0 radical (unpaired) electrons. The van der Waals surface area contributed by atoms with Gasteiger partial charge in [0.05, 0.1) is 0 Å². The molecule has 0 aromatic heterocycles. The number of para-hydroxylation sites is 1. The van der Waals surface area contributed by atoms with Crippen molar-refractivity contribution < 1.29 is 4.79 Å². The van der Waals surface area contributed by atoms with E-state index in [1.165, 1.54) is 5.56 Å². The van der Waals surface area contributed by atoms with Crippen LogP contribution in [0.15, 0.2) is 24.3 Å². The Morgan fingerprint density at radius 3 is 2.88 bits per heavy atom. The lowest BCUT2D eigenvalue weighted by Crippen LogP contribution is -2.28. The second-order valence-electron chi connectivity index (χ2n) is 4.52. The number of anilines is 1.